The summed E-state index contributed by atoms with van der Waals surface area (Å²) in [7, 11) is 6.33. The highest BCUT2D eigenvalue weighted by Gasteiger charge is 2.22. The molecule has 1 aliphatic rings. The minimum atomic E-state index is 0.271. The average molecular weight is 346 g/mol. The van der Waals surface area contributed by atoms with Crippen molar-refractivity contribution in [3.63, 3.8) is 0 Å². The van der Waals surface area contributed by atoms with Gasteiger partial charge in [-0.15, -0.1) is 11.8 Å². The van der Waals surface area contributed by atoms with Crippen LogP contribution in [0.25, 0.3) is 10.9 Å². The zero-order chi connectivity index (χ0) is 17.1. The van der Waals surface area contributed by atoms with Crippen molar-refractivity contribution in [2.24, 2.45) is 7.05 Å². The summed E-state index contributed by atoms with van der Waals surface area (Å²) in [5, 5.41) is 1.24. The molecule has 4 nitrogen and oxygen atoms in total. The lowest BCUT2D eigenvalue weighted by Gasteiger charge is -2.23. The number of thioether (sulfide) groups is 1. The number of likely N-dealkylation sites (tertiary alicyclic amines) is 1. The molecule has 0 saturated carbocycles. The first-order valence-electron chi connectivity index (χ1n) is 8.67. The summed E-state index contributed by atoms with van der Waals surface area (Å²) in [5.74, 6) is 0.799. The number of carbonyl (C=O) groups is 1. The Morgan fingerprint density at radius 1 is 1.25 bits per heavy atom. The van der Waals surface area contributed by atoms with Crippen LogP contribution in [0, 0.1) is 0 Å². The molecule has 0 bridgehead atoms. The van der Waals surface area contributed by atoms with E-state index >= 15 is 0 Å². The van der Waals surface area contributed by atoms with E-state index in [-0.39, 0.29) is 5.91 Å². The van der Waals surface area contributed by atoms with Crippen LogP contribution in [-0.2, 0) is 11.8 Å². The Morgan fingerprint density at radius 2 is 2.04 bits per heavy atom. The van der Waals surface area contributed by atoms with E-state index in [9.17, 15) is 4.79 Å². The van der Waals surface area contributed by atoms with Crippen LogP contribution in [0.1, 0.15) is 19.3 Å². The fourth-order valence-corrected chi connectivity index (χ4v) is 4.52. The number of hydrogen-bond acceptors (Lipinski definition) is 3. The number of aryl methyl sites for hydroxylation is 1. The maximum absolute atomic E-state index is 12.6. The van der Waals surface area contributed by atoms with Gasteiger partial charge in [0, 0.05) is 48.2 Å². The number of aromatic nitrogens is 1. The van der Waals surface area contributed by atoms with E-state index in [0.717, 1.165) is 25.9 Å². The minimum absolute atomic E-state index is 0.271. The van der Waals surface area contributed by atoms with E-state index in [1.54, 1.807) is 11.8 Å². The Bertz CT molecular complexity index is 710. The van der Waals surface area contributed by atoms with Gasteiger partial charge >= 0.3 is 0 Å². The lowest BCUT2D eigenvalue weighted by molar-refractivity contribution is -0.128. The van der Waals surface area contributed by atoms with Crippen LogP contribution in [0.5, 0.6) is 0 Å². The first-order valence-corrected chi connectivity index (χ1v) is 9.66. The molecule has 1 fully saturated rings. The van der Waals surface area contributed by atoms with Crippen LogP contribution in [0.3, 0.4) is 0 Å². The molecule has 2 aromatic rings. The van der Waals surface area contributed by atoms with Crippen molar-refractivity contribution in [3.8, 4) is 0 Å². The molecule has 1 aliphatic heterocycles. The molecule has 24 heavy (non-hydrogen) atoms. The average Bonchev–Trinajstić information content (AvgIpc) is 2.76. The smallest absolute Gasteiger partial charge is 0.232 e. The van der Waals surface area contributed by atoms with Crippen LogP contribution in [0.4, 0.5) is 0 Å². The zero-order valence-electron chi connectivity index (χ0n) is 14.9. The fourth-order valence-electron chi connectivity index (χ4n) is 3.49. The molecule has 1 amide bonds. The summed E-state index contributed by atoms with van der Waals surface area (Å²) in [4.78, 5) is 18.2. The molecule has 1 aromatic heterocycles. The van der Waals surface area contributed by atoms with Gasteiger partial charge in [0.05, 0.1) is 5.75 Å². The Kier molecular flexibility index (Phi) is 5.51. The SMILES string of the molecule is CN(C)[C@@H]1CCCN(C(=O)CSc2cn(C)c3ccccc23)CC1. The van der Waals surface area contributed by atoms with Crippen molar-refractivity contribution in [3.05, 3.63) is 30.5 Å². The standard InChI is InChI=1S/C19H27N3OS/c1-20(2)15-7-6-11-22(12-10-15)19(23)14-24-18-13-21(3)17-9-5-4-8-16(17)18/h4-5,8-9,13,15H,6-7,10-12,14H2,1-3H3/t15-/m1/s1. The second-order valence-corrected chi connectivity index (χ2v) is 7.86. The number of hydrogen-bond donors (Lipinski definition) is 0. The highest BCUT2D eigenvalue weighted by molar-refractivity contribution is 8.00. The van der Waals surface area contributed by atoms with Crippen LogP contribution in [0.2, 0.25) is 0 Å². The van der Waals surface area contributed by atoms with E-state index in [1.165, 1.54) is 22.2 Å². The van der Waals surface area contributed by atoms with Gasteiger partial charge in [0.15, 0.2) is 0 Å². The van der Waals surface area contributed by atoms with Crippen molar-refractivity contribution in [1.82, 2.24) is 14.4 Å². The number of rotatable bonds is 4. The van der Waals surface area contributed by atoms with Gasteiger partial charge in [-0.3, -0.25) is 4.79 Å². The van der Waals surface area contributed by atoms with Gasteiger partial charge in [-0.2, -0.15) is 0 Å². The van der Waals surface area contributed by atoms with Crippen molar-refractivity contribution in [2.45, 2.75) is 30.2 Å². The van der Waals surface area contributed by atoms with Crippen molar-refractivity contribution in [1.29, 1.82) is 0 Å². The summed E-state index contributed by atoms with van der Waals surface area (Å²) in [6, 6.07) is 8.98. The molecular formula is C19H27N3OS. The van der Waals surface area contributed by atoms with Gasteiger partial charge < -0.3 is 14.4 Å². The molecule has 0 spiro atoms. The number of fused-ring (bicyclic) bond motifs is 1. The van der Waals surface area contributed by atoms with Crippen LogP contribution in [0.15, 0.2) is 35.4 Å². The quantitative estimate of drug-likeness (QED) is 0.797. The second-order valence-electron chi connectivity index (χ2n) is 6.84. The summed E-state index contributed by atoms with van der Waals surface area (Å²) >= 11 is 1.66. The maximum atomic E-state index is 12.6. The molecule has 0 aliphatic carbocycles. The lowest BCUT2D eigenvalue weighted by atomic mass is 10.1. The second kappa shape index (κ2) is 7.62. The fraction of sp³-hybridized carbons (Fsp3) is 0.526. The van der Waals surface area contributed by atoms with Gasteiger partial charge in [-0.1, -0.05) is 18.2 Å². The third-order valence-corrected chi connectivity index (χ3v) is 6.02. The van der Waals surface area contributed by atoms with E-state index in [1.807, 2.05) is 0 Å². The Labute approximate surface area is 148 Å². The predicted molar refractivity (Wildman–Crippen MR) is 102 cm³/mol. The summed E-state index contributed by atoms with van der Waals surface area (Å²) in [6.45, 7) is 1.79. The molecule has 3 rings (SSSR count). The highest BCUT2D eigenvalue weighted by atomic mass is 32.2. The normalized spacial score (nSPS) is 19.0. The Morgan fingerprint density at radius 3 is 2.83 bits per heavy atom. The van der Waals surface area contributed by atoms with E-state index in [0.29, 0.717) is 11.8 Å². The van der Waals surface area contributed by atoms with Crippen LogP contribution < -0.4 is 0 Å². The van der Waals surface area contributed by atoms with Crippen molar-refractivity contribution >= 4 is 28.6 Å². The zero-order valence-corrected chi connectivity index (χ0v) is 15.7. The Balaban J connectivity index is 1.61. The van der Waals surface area contributed by atoms with Gasteiger partial charge in [-0.25, -0.2) is 0 Å². The van der Waals surface area contributed by atoms with Gasteiger partial charge in [0.25, 0.3) is 0 Å². The van der Waals surface area contributed by atoms with Crippen molar-refractivity contribution < 1.29 is 4.79 Å². The van der Waals surface area contributed by atoms with Gasteiger partial charge in [-0.05, 0) is 39.4 Å². The minimum Gasteiger partial charge on any atom is -0.349 e. The molecule has 0 N–H and O–H groups in total. The first-order chi connectivity index (χ1) is 11.6. The van der Waals surface area contributed by atoms with E-state index in [4.69, 9.17) is 0 Å². The molecule has 1 aromatic carbocycles. The molecular weight excluding hydrogens is 318 g/mol. The molecule has 0 radical (unpaired) electrons. The molecule has 2 heterocycles. The topological polar surface area (TPSA) is 28.5 Å². The number of carbonyl (C=O) groups excluding carboxylic acids is 1. The summed E-state index contributed by atoms with van der Waals surface area (Å²) < 4.78 is 2.13. The molecule has 0 unspecified atom stereocenters. The maximum Gasteiger partial charge on any atom is 0.232 e. The van der Waals surface area contributed by atoms with E-state index in [2.05, 4.69) is 66.0 Å². The predicted octanol–water partition coefficient (Wildman–Crippen LogP) is 3.21. The number of amides is 1. The molecule has 5 heteroatoms. The third-order valence-electron chi connectivity index (χ3n) is 4.99. The largest absolute Gasteiger partial charge is 0.349 e. The van der Waals surface area contributed by atoms with Crippen molar-refractivity contribution in [2.75, 3.05) is 32.9 Å². The molecule has 1 atom stereocenters. The highest BCUT2D eigenvalue weighted by Crippen LogP contribution is 2.29. The third kappa shape index (κ3) is 3.78. The summed E-state index contributed by atoms with van der Waals surface area (Å²) in [6.07, 6.45) is 5.51. The van der Waals surface area contributed by atoms with Crippen LogP contribution in [-0.4, -0.2) is 59.3 Å². The van der Waals surface area contributed by atoms with Gasteiger partial charge in [0.1, 0.15) is 0 Å². The number of para-hydroxylation sites is 1. The van der Waals surface area contributed by atoms with E-state index < -0.39 is 0 Å². The Hall–Kier alpha value is -1.46. The van der Waals surface area contributed by atoms with Gasteiger partial charge in [0.2, 0.25) is 5.91 Å². The molecule has 130 valence electrons. The number of nitrogens with zero attached hydrogens (tertiary/aromatic N) is 3. The van der Waals surface area contributed by atoms with Crippen LogP contribution >= 0.6 is 11.8 Å². The molecule has 1 saturated heterocycles. The lowest BCUT2D eigenvalue weighted by Crippen LogP contribution is -2.34. The monoisotopic (exact) mass is 345 g/mol. The summed E-state index contributed by atoms with van der Waals surface area (Å²) in [5.41, 5.74) is 1.22. The number of benzene rings is 1. The first kappa shape index (κ1) is 17.4.